The van der Waals surface area contributed by atoms with E-state index in [1.807, 2.05) is 42.5 Å². The minimum atomic E-state index is -0.753. The number of alkyl carbamates (subject to hydrolysis) is 1. The van der Waals surface area contributed by atoms with Crippen LogP contribution in [0, 0.1) is 0 Å². The average molecular weight is 457 g/mol. The molecule has 0 saturated carbocycles. The van der Waals surface area contributed by atoms with Crippen LogP contribution in [-0.4, -0.2) is 44.8 Å². The Kier molecular flexibility index (Phi) is 11.3. The van der Waals surface area contributed by atoms with Crippen LogP contribution in [0.15, 0.2) is 54.6 Å². The van der Waals surface area contributed by atoms with E-state index in [0.29, 0.717) is 19.4 Å². The summed E-state index contributed by atoms with van der Waals surface area (Å²) in [6.45, 7) is 0.697. The number of ether oxygens (including phenoxy) is 3. The molecule has 2 rings (SSSR count). The molecule has 0 aliphatic carbocycles. The fourth-order valence-corrected chi connectivity index (χ4v) is 3.15. The van der Waals surface area contributed by atoms with E-state index >= 15 is 0 Å². The van der Waals surface area contributed by atoms with Gasteiger partial charge in [-0.2, -0.15) is 0 Å². The molecule has 2 N–H and O–H groups in total. The Hall–Kier alpha value is -3.55. The fraction of sp³-hybridized carbons (Fsp3) is 0.400. The van der Waals surface area contributed by atoms with Crippen molar-refractivity contribution in [1.29, 1.82) is 0 Å². The first-order chi connectivity index (χ1) is 16.0. The SMILES string of the molecule is COC(=O)[C@@H](Cc1ccc(OC)cc1)NC(=O)CCCCCNC(=O)OCc1ccccc1. The van der Waals surface area contributed by atoms with E-state index in [1.54, 1.807) is 19.2 Å². The lowest BCUT2D eigenvalue weighted by molar-refractivity contribution is -0.145. The Labute approximate surface area is 194 Å². The lowest BCUT2D eigenvalue weighted by Gasteiger charge is -2.17. The minimum absolute atomic E-state index is 0.214. The molecule has 1 atom stereocenters. The van der Waals surface area contributed by atoms with Crippen molar-refractivity contribution in [1.82, 2.24) is 10.6 Å². The maximum atomic E-state index is 12.3. The number of benzene rings is 2. The highest BCUT2D eigenvalue weighted by molar-refractivity contribution is 5.84. The van der Waals surface area contributed by atoms with Crippen LogP contribution in [-0.2, 0) is 32.1 Å². The zero-order chi connectivity index (χ0) is 23.9. The Balaban J connectivity index is 1.62. The summed E-state index contributed by atoms with van der Waals surface area (Å²) in [5.74, 6) is 0.0166. The van der Waals surface area contributed by atoms with E-state index in [-0.39, 0.29) is 18.9 Å². The molecule has 0 fully saturated rings. The first-order valence-electron chi connectivity index (χ1n) is 11.0. The molecule has 0 heterocycles. The maximum Gasteiger partial charge on any atom is 0.407 e. The molecule has 8 nitrogen and oxygen atoms in total. The molecule has 178 valence electrons. The summed E-state index contributed by atoms with van der Waals surface area (Å²) in [7, 11) is 2.88. The van der Waals surface area contributed by atoms with Crippen molar-refractivity contribution in [3.05, 3.63) is 65.7 Å². The van der Waals surface area contributed by atoms with Crippen molar-refractivity contribution in [2.24, 2.45) is 0 Å². The molecule has 0 radical (unpaired) electrons. The molecule has 33 heavy (non-hydrogen) atoms. The molecule has 2 amide bonds. The fourth-order valence-electron chi connectivity index (χ4n) is 3.15. The summed E-state index contributed by atoms with van der Waals surface area (Å²) >= 11 is 0. The summed E-state index contributed by atoms with van der Waals surface area (Å²) in [6, 6.07) is 16.0. The van der Waals surface area contributed by atoms with E-state index in [0.717, 1.165) is 29.7 Å². The Morgan fingerprint density at radius 1 is 0.879 bits per heavy atom. The molecular weight excluding hydrogens is 424 g/mol. The third-order valence-electron chi connectivity index (χ3n) is 4.98. The summed E-state index contributed by atoms with van der Waals surface area (Å²) in [5.41, 5.74) is 1.81. The normalized spacial score (nSPS) is 11.2. The van der Waals surface area contributed by atoms with Gasteiger partial charge in [-0.25, -0.2) is 9.59 Å². The average Bonchev–Trinajstić information content (AvgIpc) is 2.85. The monoisotopic (exact) mass is 456 g/mol. The lowest BCUT2D eigenvalue weighted by Crippen LogP contribution is -2.43. The largest absolute Gasteiger partial charge is 0.497 e. The maximum absolute atomic E-state index is 12.3. The first-order valence-corrected chi connectivity index (χ1v) is 11.0. The predicted molar refractivity (Wildman–Crippen MR) is 124 cm³/mol. The molecule has 2 aromatic rings. The van der Waals surface area contributed by atoms with Gasteiger partial charge in [0.05, 0.1) is 14.2 Å². The number of nitrogens with one attached hydrogen (secondary N) is 2. The van der Waals surface area contributed by atoms with Crippen molar-refractivity contribution in [3.8, 4) is 5.75 Å². The topological polar surface area (TPSA) is 103 Å². The van der Waals surface area contributed by atoms with Crippen LogP contribution in [0.25, 0.3) is 0 Å². The molecule has 0 aromatic heterocycles. The molecule has 0 saturated heterocycles. The van der Waals surface area contributed by atoms with Gasteiger partial charge < -0.3 is 24.8 Å². The molecule has 2 aromatic carbocycles. The number of rotatable bonds is 13. The molecule has 0 unspecified atom stereocenters. The van der Waals surface area contributed by atoms with E-state index in [1.165, 1.54) is 7.11 Å². The second-order valence-electron chi connectivity index (χ2n) is 7.49. The standard InChI is InChI=1S/C25H32N2O6/c1-31-21-14-12-19(13-15-21)17-22(24(29)32-2)27-23(28)11-7-4-8-16-26-25(30)33-18-20-9-5-3-6-10-20/h3,5-6,9-10,12-15,22H,4,7-8,11,16-18H2,1-2H3,(H,26,30)(H,27,28)/t22-/m1/s1. The summed E-state index contributed by atoms with van der Waals surface area (Å²) in [5, 5.41) is 5.45. The van der Waals surface area contributed by atoms with Gasteiger partial charge in [-0.05, 0) is 36.1 Å². The number of hydrogen-bond donors (Lipinski definition) is 2. The van der Waals surface area contributed by atoms with Gasteiger partial charge in [-0.1, -0.05) is 48.9 Å². The van der Waals surface area contributed by atoms with Crippen molar-refractivity contribution in [3.63, 3.8) is 0 Å². The van der Waals surface area contributed by atoms with Gasteiger partial charge in [0, 0.05) is 19.4 Å². The summed E-state index contributed by atoms with van der Waals surface area (Å²) in [6.07, 6.45) is 2.28. The van der Waals surface area contributed by atoms with Crippen LogP contribution in [0.5, 0.6) is 5.75 Å². The Morgan fingerprint density at radius 3 is 2.27 bits per heavy atom. The molecule has 0 aliphatic heterocycles. The first kappa shape index (κ1) is 25.7. The number of carbonyl (C=O) groups excluding carboxylic acids is 3. The van der Waals surface area contributed by atoms with E-state index in [2.05, 4.69) is 10.6 Å². The van der Waals surface area contributed by atoms with Crippen LogP contribution < -0.4 is 15.4 Å². The van der Waals surface area contributed by atoms with Gasteiger partial charge in [0.25, 0.3) is 0 Å². The van der Waals surface area contributed by atoms with Crippen molar-refractivity contribution in [2.75, 3.05) is 20.8 Å². The second-order valence-corrected chi connectivity index (χ2v) is 7.49. The van der Waals surface area contributed by atoms with Crippen LogP contribution >= 0.6 is 0 Å². The van der Waals surface area contributed by atoms with E-state index < -0.39 is 18.1 Å². The van der Waals surface area contributed by atoms with Crippen molar-refractivity contribution in [2.45, 2.75) is 44.8 Å². The van der Waals surface area contributed by atoms with Gasteiger partial charge in [0.1, 0.15) is 18.4 Å². The highest BCUT2D eigenvalue weighted by Gasteiger charge is 2.21. The summed E-state index contributed by atoms with van der Waals surface area (Å²) in [4.78, 5) is 36.1. The van der Waals surface area contributed by atoms with E-state index in [9.17, 15) is 14.4 Å². The van der Waals surface area contributed by atoms with E-state index in [4.69, 9.17) is 14.2 Å². The molecule has 0 bridgehead atoms. The molecular formula is C25H32N2O6. The van der Waals surface area contributed by atoms with Gasteiger partial charge in [-0.3, -0.25) is 4.79 Å². The van der Waals surface area contributed by atoms with Crippen LogP contribution in [0.3, 0.4) is 0 Å². The second kappa shape index (κ2) is 14.5. The van der Waals surface area contributed by atoms with Crippen LogP contribution in [0.2, 0.25) is 0 Å². The summed E-state index contributed by atoms with van der Waals surface area (Å²) < 4.78 is 15.1. The van der Waals surface area contributed by atoms with Crippen LogP contribution in [0.1, 0.15) is 36.8 Å². The Bertz CT molecular complexity index is 870. The number of methoxy groups -OCH3 is 2. The quantitative estimate of drug-likeness (QED) is 0.354. The zero-order valence-electron chi connectivity index (χ0n) is 19.2. The third-order valence-corrected chi connectivity index (χ3v) is 4.98. The van der Waals surface area contributed by atoms with Gasteiger partial charge in [0.2, 0.25) is 5.91 Å². The predicted octanol–water partition coefficient (Wildman–Crippen LogP) is 3.38. The van der Waals surface area contributed by atoms with Gasteiger partial charge >= 0.3 is 12.1 Å². The van der Waals surface area contributed by atoms with Crippen molar-refractivity contribution < 1.29 is 28.6 Å². The van der Waals surface area contributed by atoms with Crippen molar-refractivity contribution >= 4 is 18.0 Å². The lowest BCUT2D eigenvalue weighted by atomic mass is 10.1. The van der Waals surface area contributed by atoms with Gasteiger partial charge in [-0.15, -0.1) is 0 Å². The number of esters is 1. The minimum Gasteiger partial charge on any atom is -0.497 e. The smallest absolute Gasteiger partial charge is 0.407 e. The van der Waals surface area contributed by atoms with Crippen LogP contribution in [0.4, 0.5) is 4.79 Å². The Morgan fingerprint density at radius 2 is 1.61 bits per heavy atom. The highest BCUT2D eigenvalue weighted by atomic mass is 16.5. The molecule has 0 spiro atoms. The highest BCUT2D eigenvalue weighted by Crippen LogP contribution is 2.13. The molecule has 0 aliphatic rings. The number of carbonyl (C=O) groups is 3. The number of unbranched alkanes of at least 4 members (excludes halogenated alkanes) is 2. The number of hydrogen-bond acceptors (Lipinski definition) is 6. The number of amides is 2. The van der Waals surface area contributed by atoms with Gasteiger partial charge in [0.15, 0.2) is 0 Å². The molecule has 8 heteroatoms. The zero-order valence-corrected chi connectivity index (χ0v) is 19.2. The third kappa shape index (κ3) is 10.1.